The molecule has 0 spiro atoms. The lowest BCUT2D eigenvalue weighted by molar-refractivity contribution is 0.0301. The van der Waals surface area contributed by atoms with Crippen molar-refractivity contribution in [2.75, 3.05) is 36.9 Å². The molecule has 1 aromatic heterocycles. The fraction of sp³-hybridized carbons (Fsp3) is 0.348. The first-order valence-corrected chi connectivity index (χ1v) is 11.4. The SMILES string of the molecule is CCC(Nc1c(Nc2cccc(C(=O)N3CCOCC3)c2O)c(=O)c1=O)c1cc(Br)c(C)o1. The van der Waals surface area contributed by atoms with E-state index in [9.17, 15) is 19.5 Å². The smallest absolute Gasteiger partial charge is 0.257 e. The van der Waals surface area contributed by atoms with E-state index < -0.39 is 10.9 Å². The predicted octanol–water partition coefficient (Wildman–Crippen LogP) is 3.43. The van der Waals surface area contributed by atoms with E-state index in [1.54, 1.807) is 11.0 Å². The molecule has 0 bridgehead atoms. The maximum Gasteiger partial charge on any atom is 0.257 e. The van der Waals surface area contributed by atoms with Crippen LogP contribution in [0.2, 0.25) is 0 Å². The van der Waals surface area contributed by atoms with Crippen LogP contribution in [-0.4, -0.2) is 42.2 Å². The Morgan fingerprint density at radius 3 is 2.55 bits per heavy atom. The summed E-state index contributed by atoms with van der Waals surface area (Å²) in [6, 6.07) is 6.15. The molecule has 1 fully saturated rings. The number of halogens is 1. The topological polar surface area (TPSA) is 121 Å². The highest BCUT2D eigenvalue weighted by Gasteiger charge is 2.27. The van der Waals surface area contributed by atoms with E-state index in [0.29, 0.717) is 44.2 Å². The van der Waals surface area contributed by atoms with Gasteiger partial charge in [-0.3, -0.25) is 14.4 Å². The van der Waals surface area contributed by atoms with Crippen molar-refractivity contribution in [1.29, 1.82) is 0 Å². The molecule has 3 aromatic rings. The van der Waals surface area contributed by atoms with E-state index in [-0.39, 0.29) is 40.3 Å². The van der Waals surface area contributed by atoms with Crippen molar-refractivity contribution in [3.05, 3.63) is 66.3 Å². The van der Waals surface area contributed by atoms with Crippen molar-refractivity contribution in [2.24, 2.45) is 0 Å². The number of ether oxygens (including phenoxy) is 1. The van der Waals surface area contributed by atoms with Crippen LogP contribution in [0.5, 0.6) is 5.75 Å². The van der Waals surface area contributed by atoms with Gasteiger partial charge < -0.3 is 29.8 Å². The minimum Gasteiger partial charge on any atom is -0.505 e. The van der Waals surface area contributed by atoms with Crippen LogP contribution in [0, 0.1) is 6.92 Å². The molecule has 10 heteroatoms. The van der Waals surface area contributed by atoms with Crippen molar-refractivity contribution in [2.45, 2.75) is 26.3 Å². The first-order chi connectivity index (χ1) is 15.8. The molecule has 0 aliphatic carbocycles. The van der Waals surface area contributed by atoms with Gasteiger partial charge in [0.2, 0.25) is 0 Å². The van der Waals surface area contributed by atoms with Crippen LogP contribution in [0.15, 0.2) is 42.7 Å². The Balaban J connectivity index is 1.58. The van der Waals surface area contributed by atoms with Gasteiger partial charge in [0.15, 0.2) is 5.75 Å². The van der Waals surface area contributed by atoms with E-state index in [1.165, 1.54) is 12.1 Å². The third kappa shape index (κ3) is 4.40. The Kier molecular flexibility index (Phi) is 6.57. The highest BCUT2D eigenvalue weighted by atomic mass is 79.9. The molecule has 1 aliphatic heterocycles. The second-order valence-corrected chi connectivity index (χ2v) is 8.65. The van der Waals surface area contributed by atoms with Gasteiger partial charge in [0, 0.05) is 13.1 Å². The summed E-state index contributed by atoms with van der Waals surface area (Å²) >= 11 is 3.41. The zero-order chi connectivity index (χ0) is 23.7. The zero-order valence-electron chi connectivity index (χ0n) is 18.2. The number of rotatable bonds is 7. The van der Waals surface area contributed by atoms with E-state index >= 15 is 0 Å². The van der Waals surface area contributed by atoms with Crippen LogP contribution < -0.4 is 21.5 Å². The Morgan fingerprint density at radius 1 is 1.21 bits per heavy atom. The molecular formula is C23H24BrN3O6. The number of phenolic OH excluding ortho intramolecular Hbond substituents is 1. The number of nitrogens with one attached hydrogen (secondary N) is 2. The number of aryl methyl sites for hydroxylation is 1. The quantitative estimate of drug-likeness (QED) is 0.322. The average Bonchev–Trinajstić information content (AvgIpc) is 3.17. The number of carbonyl (C=O) groups is 1. The minimum atomic E-state index is -0.700. The van der Waals surface area contributed by atoms with Crippen LogP contribution in [0.4, 0.5) is 17.1 Å². The van der Waals surface area contributed by atoms with Crippen molar-refractivity contribution in [1.82, 2.24) is 4.90 Å². The summed E-state index contributed by atoms with van der Waals surface area (Å²) in [6.45, 7) is 5.49. The molecule has 3 N–H and O–H groups in total. The van der Waals surface area contributed by atoms with Gasteiger partial charge in [0.25, 0.3) is 16.8 Å². The van der Waals surface area contributed by atoms with Gasteiger partial charge in [-0.05, 0) is 47.5 Å². The molecule has 1 unspecified atom stereocenters. The van der Waals surface area contributed by atoms with Crippen molar-refractivity contribution >= 4 is 38.9 Å². The Hall–Kier alpha value is -3.11. The lowest BCUT2D eigenvalue weighted by Crippen LogP contribution is -2.40. The first-order valence-electron chi connectivity index (χ1n) is 10.6. The average molecular weight is 518 g/mol. The molecule has 2 heterocycles. The highest BCUT2D eigenvalue weighted by molar-refractivity contribution is 9.10. The number of morpholine rings is 1. The second kappa shape index (κ2) is 9.40. The molecule has 2 aromatic carbocycles. The van der Waals surface area contributed by atoms with Crippen LogP contribution in [0.1, 0.15) is 41.3 Å². The summed E-state index contributed by atoms with van der Waals surface area (Å²) in [6.07, 6.45) is 0.604. The molecular weight excluding hydrogens is 494 g/mol. The monoisotopic (exact) mass is 517 g/mol. The molecule has 4 rings (SSSR count). The van der Waals surface area contributed by atoms with Gasteiger partial charge in [0.1, 0.15) is 22.9 Å². The van der Waals surface area contributed by atoms with Gasteiger partial charge in [-0.25, -0.2) is 0 Å². The molecule has 1 amide bonds. The second-order valence-electron chi connectivity index (χ2n) is 7.80. The van der Waals surface area contributed by atoms with Crippen molar-refractivity contribution in [3.8, 4) is 5.75 Å². The predicted molar refractivity (Wildman–Crippen MR) is 127 cm³/mol. The summed E-state index contributed by atoms with van der Waals surface area (Å²) in [4.78, 5) is 39.0. The number of para-hydroxylation sites is 1. The van der Waals surface area contributed by atoms with E-state index in [4.69, 9.17) is 9.15 Å². The lowest BCUT2D eigenvalue weighted by atomic mass is 10.1. The highest BCUT2D eigenvalue weighted by Crippen LogP contribution is 2.34. The van der Waals surface area contributed by atoms with E-state index in [2.05, 4.69) is 26.6 Å². The molecule has 0 radical (unpaired) electrons. The number of amides is 1. The molecule has 1 aliphatic rings. The minimum absolute atomic E-state index is 0.0343. The van der Waals surface area contributed by atoms with Gasteiger partial charge in [0.05, 0.1) is 35.0 Å². The van der Waals surface area contributed by atoms with Gasteiger partial charge in [-0.15, -0.1) is 0 Å². The number of phenols is 1. The largest absolute Gasteiger partial charge is 0.505 e. The maximum atomic E-state index is 12.8. The van der Waals surface area contributed by atoms with E-state index in [1.807, 2.05) is 19.9 Å². The standard InChI is InChI=1S/C23H24BrN3O6/c1-3-15(17-11-14(24)12(2)33-17)25-18-19(22(30)21(18)29)26-16-6-4-5-13(20(16)28)23(31)27-7-9-32-10-8-27/h4-6,11,15,25-26,28H,3,7-10H2,1-2H3. The molecule has 0 saturated carbocycles. The van der Waals surface area contributed by atoms with Crippen molar-refractivity contribution < 1.29 is 19.1 Å². The zero-order valence-corrected chi connectivity index (χ0v) is 19.8. The first kappa shape index (κ1) is 23.1. The number of benzene rings is 1. The fourth-order valence-corrected chi connectivity index (χ4v) is 4.05. The van der Waals surface area contributed by atoms with Gasteiger partial charge in [-0.2, -0.15) is 0 Å². The molecule has 9 nitrogen and oxygen atoms in total. The summed E-state index contributed by atoms with van der Waals surface area (Å²) in [5, 5.41) is 16.7. The summed E-state index contributed by atoms with van der Waals surface area (Å²) in [5.74, 6) is 0.723. The molecule has 174 valence electrons. The molecule has 1 atom stereocenters. The van der Waals surface area contributed by atoms with Gasteiger partial charge >= 0.3 is 0 Å². The summed E-state index contributed by atoms with van der Waals surface area (Å²) < 4.78 is 11.8. The van der Waals surface area contributed by atoms with Gasteiger partial charge in [-0.1, -0.05) is 13.0 Å². The Bertz CT molecular complexity index is 1230. The van der Waals surface area contributed by atoms with Crippen LogP contribution in [0.3, 0.4) is 0 Å². The summed E-state index contributed by atoms with van der Waals surface area (Å²) in [5.41, 5.74) is -0.938. The third-order valence-electron chi connectivity index (χ3n) is 5.68. The van der Waals surface area contributed by atoms with E-state index in [0.717, 1.165) is 4.47 Å². The number of carbonyl (C=O) groups excluding carboxylic acids is 1. The summed E-state index contributed by atoms with van der Waals surface area (Å²) in [7, 11) is 0. The van der Waals surface area contributed by atoms with Crippen LogP contribution >= 0.6 is 15.9 Å². The van der Waals surface area contributed by atoms with Crippen molar-refractivity contribution in [3.63, 3.8) is 0 Å². The normalized spacial score (nSPS) is 14.9. The number of nitrogens with zero attached hydrogens (tertiary/aromatic N) is 1. The molecule has 1 saturated heterocycles. The van der Waals surface area contributed by atoms with Crippen LogP contribution in [0.25, 0.3) is 0 Å². The number of furan rings is 1. The lowest BCUT2D eigenvalue weighted by Gasteiger charge is -2.27. The fourth-order valence-electron chi connectivity index (χ4n) is 3.74. The maximum absolute atomic E-state index is 12.8. The third-order valence-corrected chi connectivity index (χ3v) is 6.47. The number of hydrogen-bond acceptors (Lipinski definition) is 8. The number of aromatic hydroxyl groups is 1. The molecule has 33 heavy (non-hydrogen) atoms. The number of anilines is 3. The number of hydrogen-bond donors (Lipinski definition) is 3. The Labute approximate surface area is 198 Å². The Morgan fingerprint density at radius 2 is 1.91 bits per heavy atom. The van der Waals surface area contributed by atoms with Crippen LogP contribution in [-0.2, 0) is 4.74 Å².